The zero-order valence-electron chi connectivity index (χ0n) is 10.2. The van der Waals surface area contributed by atoms with Crippen molar-refractivity contribution in [3.05, 3.63) is 0 Å². The van der Waals surface area contributed by atoms with Crippen molar-refractivity contribution < 1.29 is 5.11 Å². The van der Waals surface area contributed by atoms with Crippen molar-refractivity contribution in [2.45, 2.75) is 58.1 Å². The van der Waals surface area contributed by atoms with Crippen LogP contribution in [0.5, 0.6) is 0 Å². The normalized spacial score (nSPS) is 37.0. The number of aliphatic hydroxyl groups excluding tert-OH is 1. The van der Waals surface area contributed by atoms with Gasteiger partial charge in [0.2, 0.25) is 0 Å². The number of nitrogens with zero attached hydrogens (tertiary/aromatic N) is 1. The Morgan fingerprint density at radius 2 is 1.73 bits per heavy atom. The molecule has 4 unspecified atom stereocenters. The fourth-order valence-electron chi connectivity index (χ4n) is 3.30. The Labute approximate surface area is 93.7 Å². The van der Waals surface area contributed by atoms with E-state index < -0.39 is 0 Å². The second kappa shape index (κ2) is 4.84. The fraction of sp³-hybridized carbons (Fsp3) is 1.00. The highest BCUT2D eigenvalue weighted by atomic mass is 16.3. The van der Waals surface area contributed by atoms with Crippen molar-refractivity contribution in [3.8, 4) is 0 Å². The standard InChI is InChI=1S/C13H25NO/c1-10(11(2)15)14-8-7-12-5-3-4-6-13(12)9-14/h10-13,15H,3-9H2,1-2H3. The van der Waals surface area contributed by atoms with Crippen LogP contribution in [0.25, 0.3) is 0 Å². The van der Waals surface area contributed by atoms with E-state index in [1.807, 2.05) is 6.92 Å². The van der Waals surface area contributed by atoms with E-state index in [9.17, 15) is 5.11 Å². The van der Waals surface area contributed by atoms with E-state index in [4.69, 9.17) is 0 Å². The molecule has 0 radical (unpaired) electrons. The molecule has 15 heavy (non-hydrogen) atoms. The summed E-state index contributed by atoms with van der Waals surface area (Å²) in [4.78, 5) is 2.50. The summed E-state index contributed by atoms with van der Waals surface area (Å²) in [5.41, 5.74) is 0. The van der Waals surface area contributed by atoms with E-state index in [1.165, 1.54) is 45.2 Å². The first kappa shape index (κ1) is 11.4. The van der Waals surface area contributed by atoms with Crippen molar-refractivity contribution in [2.75, 3.05) is 13.1 Å². The molecule has 2 heteroatoms. The van der Waals surface area contributed by atoms with Gasteiger partial charge in [0.1, 0.15) is 0 Å². The third kappa shape index (κ3) is 2.54. The molecule has 0 amide bonds. The number of hydrogen-bond donors (Lipinski definition) is 1. The zero-order valence-corrected chi connectivity index (χ0v) is 10.2. The van der Waals surface area contributed by atoms with Crippen molar-refractivity contribution >= 4 is 0 Å². The number of piperidine rings is 1. The first-order valence-corrected chi connectivity index (χ1v) is 6.60. The van der Waals surface area contributed by atoms with Gasteiger partial charge in [0.05, 0.1) is 6.10 Å². The molecule has 0 aromatic rings. The van der Waals surface area contributed by atoms with Gasteiger partial charge in [-0.1, -0.05) is 19.3 Å². The summed E-state index contributed by atoms with van der Waals surface area (Å²) in [6, 6.07) is 0.341. The SMILES string of the molecule is CC(O)C(C)N1CCC2CCCCC2C1. The third-order valence-electron chi connectivity index (χ3n) is 4.60. The first-order chi connectivity index (χ1) is 7.18. The molecule has 4 atom stereocenters. The Bertz CT molecular complexity index is 205. The van der Waals surface area contributed by atoms with Gasteiger partial charge in [0, 0.05) is 12.6 Å². The predicted molar refractivity (Wildman–Crippen MR) is 62.8 cm³/mol. The first-order valence-electron chi connectivity index (χ1n) is 6.60. The maximum absolute atomic E-state index is 9.63. The van der Waals surface area contributed by atoms with Crippen LogP contribution in [-0.4, -0.2) is 35.2 Å². The average molecular weight is 211 g/mol. The summed E-state index contributed by atoms with van der Waals surface area (Å²) in [7, 11) is 0. The lowest BCUT2D eigenvalue weighted by atomic mass is 9.75. The van der Waals surface area contributed by atoms with Crippen LogP contribution in [0.3, 0.4) is 0 Å². The minimum Gasteiger partial charge on any atom is -0.392 e. The molecule has 2 fully saturated rings. The van der Waals surface area contributed by atoms with Crippen LogP contribution < -0.4 is 0 Å². The average Bonchev–Trinajstić information content (AvgIpc) is 2.27. The van der Waals surface area contributed by atoms with Gasteiger partial charge < -0.3 is 5.11 Å². The Morgan fingerprint density at radius 3 is 2.40 bits per heavy atom. The Balaban J connectivity index is 1.90. The third-order valence-corrected chi connectivity index (χ3v) is 4.60. The molecule has 0 bridgehead atoms. The van der Waals surface area contributed by atoms with Gasteiger partial charge in [0.25, 0.3) is 0 Å². The summed E-state index contributed by atoms with van der Waals surface area (Å²) in [5, 5.41) is 9.63. The molecule has 0 aromatic carbocycles. The highest BCUT2D eigenvalue weighted by molar-refractivity contribution is 4.86. The van der Waals surface area contributed by atoms with Gasteiger partial charge in [-0.3, -0.25) is 4.90 Å². The number of aliphatic hydroxyl groups is 1. The molecule has 1 saturated carbocycles. The lowest BCUT2D eigenvalue weighted by molar-refractivity contribution is 0.0129. The predicted octanol–water partition coefficient (Wildman–Crippen LogP) is 2.27. The fourth-order valence-corrected chi connectivity index (χ4v) is 3.30. The summed E-state index contributed by atoms with van der Waals surface area (Å²) in [6.45, 7) is 6.51. The van der Waals surface area contributed by atoms with Crippen molar-refractivity contribution in [1.29, 1.82) is 0 Å². The second-order valence-electron chi connectivity index (χ2n) is 5.57. The van der Waals surface area contributed by atoms with Crippen LogP contribution >= 0.6 is 0 Å². The molecular weight excluding hydrogens is 186 g/mol. The highest BCUT2D eigenvalue weighted by Gasteiger charge is 2.33. The lowest BCUT2D eigenvalue weighted by Crippen LogP contribution is -2.49. The maximum Gasteiger partial charge on any atom is 0.0664 e. The summed E-state index contributed by atoms with van der Waals surface area (Å²) in [6.07, 6.45) is 6.94. The van der Waals surface area contributed by atoms with Crippen molar-refractivity contribution in [3.63, 3.8) is 0 Å². The van der Waals surface area contributed by atoms with E-state index in [0.717, 1.165) is 11.8 Å². The monoisotopic (exact) mass is 211 g/mol. The Morgan fingerprint density at radius 1 is 1.07 bits per heavy atom. The van der Waals surface area contributed by atoms with Crippen LogP contribution in [0.15, 0.2) is 0 Å². The van der Waals surface area contributed by atoms with Crippen LogP contribution in [0, 0.1) is 11.8 Å². The molecule has 0 spiro atoms. The molecule has 0 aromatic heterocycles. The van der Waals surface area contributed by atoms with Gasteiger partial charge in [0.15, 0.2) is 0 Å². The molecule has 2 rings (SSSR count). The van der Waals surface area contributed by atoms with Crippen LogP contribution in [0.1, 0.15) is 46.0 Å². The summed E-state index contributed by atoms with van der Waals surface area (Å²) >= 11 is 0. The van der Waals surface area contributed by atoms with Crippen molar-refractivity contribution in [2.24, 2.45) is 11.8 Å². The van der Waals surface area contributed by atoms with Crippen molar-refractivity contribution in [1.82, 2.24) is 4.90 Å². The minimum atomic E-state index is -0.190. The van der Waals surface area contributed by atoms with Gasteiger partial charge in [-0.05, 0) is 45.1 Å². The molecule has 1 heterocycles. The van der Waals surface area contributed by atoms with E-state index in [2.05, 4.69) is 11.8 Å². The topological polar surface area (TPSA) is 23.5 Å². The molecular formula is C13H25NO. The van der Waals surface area contributed by atoms with E-state index in [0.29, 0.717) is 6.04 Å². The van der Waals surface area contributed by atoms with Crippen LogP contribution in [0.4, 0.5) is 0 Å². The van der Waals surface area contributed by atoms with E-state index in [-0.39, 0.29) is 6.10 Å². The summed E-state index contributed by atoms with van der Waals surface area (Å²) in [5.74, 6) is 1.92. The number of hydrogen-bond acceptors (Lipinski definition) is 2. The smallest absolute Gasteiger partial charge is 0.0664 e. The maximum atomic E-state index is 9.63. The van der Waals surface area contributed by atoms with Gasteiger partial charge in [-0.15, -0.1) is 0 Å². The van der Waals surface area contributed by atoms with E-state index >= 15 is 0 Å². The molecule has 1 N–H and O–H groups in total. The Hall–Kier alpha value is -0.0800. The number of likely N-dealkylation sites (tertiary alicyclic amines) is 1. The minimum absolute atomic E-state index is 0.190. The molecule has 1 aliphatic carbocycles. The molecule has 2 aliphatic rings. The number of fused-ring (bicyclic) bond motifs is 1. The zero-order chi connectivity index (χ0) is 10.8. The van der Waals surface area contributed by atoms with E-state index in [1.54, 1.807) is 0 Å². The highest BCUT2D eigenvalue weighted by Crippen LogP contribution is 2.36. The molecule has 2 nitrogen and oxygen atoms in total. The quantitative estimate of drug-likeness (QED) is 0.757. The molecule has 88 valence electrons. The molecule has 1 aliphatic heterocycles. The van der Waals surface area contributed by atoms with Crippen LogP contribution in [-0.2, 0) is 0 Å². The number of rotatable bonds is 2. The van der Waals surface area contributed by atoms with Gasteiger partial charge in [-0.25, -0.2) is 0 Å². The van der Waals surface area contributed by atoms with Gasteiger partial charge >= 0.3 is 0 Å². The Kier molecular flexibility index (Phi) is 3.68. The van der Waals surface area contributed by atoms with Gasteiger partial charge in [-0.2, -0.15) is 0 Å². The largest absolute Gasteiger partial charge is 0.392 e. The second-order valence-corrected chi connectivity index (χ2v) is 5.57. The van der Waals surface area contributed by atoms with Crippen LogP contribution in [0.2, 0.25) is 0 Å². The lowest BCUT2D eigenvalue weighted by Gasteiger charge is -2.44. The molecule has 1 saturated heterocycles. The summed E-state index contributed by atoms with van der Waals surface area (Å²) < 4.78 is 0.